The van der Waals surface area contributed by atoms with Crippen LogP contribution in [0.5, 0.6) is 0 Å². The molecule has 1 atom stereocenters. The van der Waals surface area contributed by atoms with E-state index in [4.69, 9.17) is 4.52 Å². The summed E-state index contributed by atoms with van der Waals surface area (Å²) in [6, 6.07) is 0.380. The van der Waals surface area contributed by atoms with E-state index >= 15 is 0 Å². The van der Waals surface area contributed by atoms with Crippen molar-refractivity contribution in [3.8, 4) is 0 Å². The van der Waals surface area contributed by atoms with Crippen molar-refractivity contribution in [3.05, 3.63) is 11.7 Å². The van der Waals surface area contributed by atoms with Gasteiger partial charge in [0.2, 0.25) is 5.89 Å². The molecule has 1 rings (SSSR count). The summed E-state index contributed by atoms with van der Waals surface area (Å²) in [6.07, 6.45) is 1.64. The van der Waals surface area contributed by atoms with Crippen LogP contribution in [0.4, 0.5) is 0 Å². The summed E-state index contributed by atoms with van der Waals surface area (Å²) in [5.41, 5.74) is 0.193. The molecule has 0 fully saturated rings. The van der Waals surface area contributed by atoms with Gasteiger partial charge in [0.05, 0.1) is 0 Å². The molecular weight excluding hydrogens is 190 g/mol. The Morgan fingerprint density at radius 2 is 2.07 bits per heavy atom. The third-order valence-corrected chi connectivity index (χ3v) is 2.17. The SMILES string of the molecule is CNC(C)Cc1noc(CC(C)(C)C)n1. The number of nitrogens with one attached hydrogen (secondary N) is 1. The Balaban J connectivity index is 2.56. The Bertz CT molecular complexity index is 301. The largest absolute Gasteiger partial charge is 0.339 e. The molecule has 1 aromatic heterocycles. The van der Waals surface area contributed by atoms with Crippen LogP contribution in [0.1, 0.15) is 39.4 Å². The second-order valence-electron chi connectivity index (χ2n) is 5.24. The van der Waals surface area contributed by atoms with Crippen LogP contribution in [-0.4, -0.2) is 23.2 Å². The molecule has 1 aromatic rings. The molecule has 86 valence electrons. The van der Waals surface area contributed by atoms with E-state index in [2.05, 4.69) is 43.2 Å². The van der Waals surface area contributed by atoms with E-state index in [1.54, 1.807) is 0 Å². The van der Waals surface area contributed by atoms with Crippen LogP contribution in [0.2, 0.25) is 0 Å². The summed E-state index contributed by atoms with van der Waals surface area (Å²) in [6.45, 7) is 8.58. The van der Waals surface area contributed by atoms with Crippen LogP contribution in [0.25, 0.3) is 0 Å². The van der Waals surface area contributed by atoms with E-state index in [1.807, 2.05) is 7.05 Å². The van der Waals surface area contributed by atoms with Crippen molar-refractivity contribution in [1.29, 1.82) is 0 Å². The van der Waals surface area contributed by atoms with Crippen molar-refractivity contribution in [3.63, 3.8) is 0 Å². The number of nitrogens with zero attached hydrogens (tertiary/aromatic N) is 2. The second-order valence-corrected chi connectivity index (χ2v) is 5.24. The zero-order valence-electron chi connectivity index (χ0n) is 10.3. The number of rotatable bonds is 4. The molecule has 4 nitrogen and oxygen atoms in total. The normalized spacial score (nSPS) is 14.2. The van der Waals surface area contributed by atoms with Crippen LogP contribution in [-0.2, 0) is 12.8 Å². The van der Waals surface area contributed by atoms with Gasteiger partial charge in [0, 0.05) is 18.9 Å². The van der Waals surface area contributed by atoms with Crippen LogP contribution in [0, 0.1) is 5.41 Å². The van der Waals surface area contributed by atoms with E-state index in [1.165, 1.54) is 0 Å². The molecule has 0 aliphatic rings. The van der Waals surface area contributed by atoms with Gasteiger partial charge in [-0.1, -0.05) is 25.9 Å². The maximum atomic E-state index is 5.20. The quantitative estimate of drug-likeness (QED) is 0.825. The van der Waals surface area contributed by atoms with Gasteiger partial charge >= 0.3 is 0 Å². The first-order valence-electron chi connectivity index (χ1n) is 5.39. The molecule has 4 heteroatoms. The zero-order chi connectivity index (χ0) is 11.5. The molecule has 0 aliphatic carbocycles. The molecule has 15 heavy (non-hydrogen) atoms. The molecule has 1 unspecified atom stereocenters. The fourth-order valence-corrected chi connectivity index (χ4v) is 1.27. The van der Waals surface area contributed by atoms with Crippen molar-refractivity contribution >= 4 is 0 Å². The highest BCUT2D eigenvalue weighted by molar-refractivity contribution is 4.91. The minimum atomic E-state index is 0.193. The summed E-state index contributed by atoms with van der Waals surface area (Å²) in [7, 11) is 1.93. The van der Waals surface area contributed by atoms with Crippen molar-refractivity contribution in [2.24, 2.45) is 5.41 Å². The smallest absolute Gasteiger partial charge is 0.227 e. The van der Waals surface area contributed by atoms with E-state index < -0.39 is 0 Å². The number of aromatic nitrogens is 2. The van der Waals surface area contributed by atoms with E-state index in [0.29, 0.717) is 6.04 Å². The highest BCUT2D eigenvalue weighted by atomic mass is 16.5. The summed E-state index contributed by atoms with van der Waals surface area (Å²) >= 11 is 0. The van der Waals surface area contributed by atoms with Gasteiger partial charge in [-0.05, 0) is 19.4 Å². The molecule has 0 aromatic carbocycles. The van der Waals surface area contributed by atoms with E-state index in [9.17, 15) is 0 Å². The van der Waals surface area contributed by atoms with Crippen molar-refractivity contribution in [2.45, 2.75) is 46.6 Å². The Morgan fingerprint density at radius 3 is 2.60 bits per heavy atom. The maximum Gasteiger partial charge on any atom is 0.227 e. The average molecular weight is 211 g/mol. The van der Waals surface area contributed by atoms with Gasteiger partial charge < -0.3 is 9.84 Å². The molecule has 0 radical (unpaired) electrons. The van der Waals surface area contributed by atoms with Crippen LogP contribution in [0.3, 0.4) is 0 Å². The minimum Gasteiger partial charge on any atom is -0.339 e. The van der Waals surface area contributed by atoms with Gasteiger partial charge in [-0.2, -0.15) is 4.98 Å². The highest BCUT2D eigenvalue weighted by Gasteiger charge is 2.17. The Labute approximate surface area is 91.5 Å². The lowest BCUT2D eigenvalue weighted by Gasteiger charge is -2.13. The van der Waals surface area contributed by atoms with E-state index in [0.717, 1.165) is 24.6 Å². The molecular formula is C11H21N3O. The fourth-order valence-electron chi connectivity index (χ4n) is 1.27. The molecule has 0 saturated carbocycles. The van der Waals surface area contributed by atoms with Crippen molar-refractivity contribution in [2.75, 3.05) is 7.05 Å². The molecule has 0 saturated heterocycles. The number of likely N-dealkylation sites (N-methyl/N-ethyl adjacent to an activating group) is 1. The summed E-state index contributed by atoms with van der Waals surface area (Å²) in [5, 5.41) is 7.11. The van der Waals surface area contributed by atoms with Gasteiger partial charge in [0.25, 0.3) is 0 Å². The lowest BCUT2D eigenvalue weighted by molar-refractivity contribution is 0.311. The number of hydrogen-bond donors (Lipinski definition) is 1. The summed E-state index contributed by atoms with van der Waals surface area (Å²) < 4.78 is 5.20. The van der Waals surface area contributed by atoms with Crippen molar-refractivity contribution in [1.82, 2.24) is 15.5 Å². The van der Waals surface area contributed by atoms with Crippen LogP contribution in [0.15, 0.2) is 4.52 Å². The van der Waals surface area contributed by atoms with Gasteiger partial charge in [-0.3, -0.25) is 0 Å². The standard InChI is InChI=1S/C11H21N3O/c1-8(12-5)6-9-13-10(15-14-9)7-11(2,3)4/h8,12H,6-7H2,1-5H3. The first-order chi connectivity index (χ1) is 6.90. The molecule has 1 heterocycles. The minimum absolute atomic E-state index is 0.193. The Morgan fingerprint density at radius 1 is 1.40 bits per heavy atom. The van der Waals surface area contributed by atoms with Gasteiger partial charge in [-0.25, -0.2) is 0 Å². The van der Waals surface area contributed by atoms with Gasteiger partial charge in [-0.15, -0.1) is 0 Å². The first kappa shape index (κ1) is 12.2. The lowest BCUT2D eigenvalue weighted by atomic mass is 9.92. The maximum absolute atomic E-state index is 5.20. The topological polar surface area (TPSA) is 51.0 Å². The second kappa shape index (κ2) is 4.75. The van der Waals surface area contributed by atoms with Crippen LogP contribution >= 0.6 is 0 Å². The fraction of sp³-hybridized carbons (Fsp3) is 0.818. The lowest BCUT2D eigenvalue weighted by Crippen LogP contribution is -2.24. The molecule has 0 amide bonds. The zero-order valence-corrected chi connectivity index (χ0v) is 10.3. The Hall–Kier alpha value is -0.900. The summed E-state index contributed by atoms with van der Waals surface area (Å²) in [4.78, 5) is 4.37. The third kappa shape index (κ3) is 4.42. The average Bonchev–Trinajstić information content (AvgIpc) is 2.49. The molecule has 0 aliphatic heterocycles. The van der Waals surface area contributed by atoms with Crippen molar-refractivity contribution < 1.29 is 4.52 Å². The first-order valence-corrected chi connectivity index (χ1v) is 5.39. The third-order valence-electron chi connectivity index (χ3n) is 2.17. The molecule has 1 N–H and O–H groups in total. The molecule has 0 spiro atoms. The molecule has 0 bridgehead atoms. The predicted molar refractivity (Wildman–Crippen MR) is 59.7 cm³/mol. The highest BCUT2D eigenvalue weighted by Crippen LogP contribution is 2.19. The Kier molecular flexibility index (Phi) is 3.85. The number of hydrogen-bond acceptors (Lipinski definition) is 4. The van der Waals surface area contributed by atoms with Gasteiger partial charge in [0.1, 0.15) is 0 Å². The predicted octanol–water partition coefficient (Wildman–Crippen LogP) is 1.81. The summed E-state index contributed by atoms with van der Waals surface area (Å²) in [5.74, 6) is 1.52. The van der Waals surface area contributed by atoms with Gasteiger partial charge in [0.15, 0.2) is 5.82 Å². The van der Waals surface area contributed by atoms with E-state index in [-0.39, 0.29) is 5.41 Å². The van der Waals surface area contributed by atoms with Crippen LogP contribution < -0.4 is 5.32 Å². The monoisotopic (exact) mass is 211 g/mol.